The first-order chi connectivity index (χ1) is 9.02. The van der Waals surface area contributed by atoms with Gasteiger partial charge in [-0.25, -0.2) is 0 Å². The largest absolute Gasteiger partial charge is 0.293 e. The molecule has 0 bridgehead atoms. The van der Waals surface area contributed by atoms with E-state index in [0.717, 1.165) is 31.0 Å². The Labute approximate surface area is 114 Å². The summed E-state index contributed by atoms with van der Waals surface area (Å²) in [6, 6.07) is 2.11. The van der Waals surface area contributed by atoms with Crippen molar-refractivity contribution in [2.75, 3.05) is 6.54 Å². The summed E-state index contributed by atoms with van der Waals surface area (Å²) in [6.45, 7) is 9.36. The molecule has 19 heavy (non-hydrogen) atoms. The highest BCUT2D eigenvalue weighted by atomic mass is 15.2. The Hall–Kier alpha value is -1.62. The maximum Gasteiger partial charge on any atom is 0.0765 e. The summed E-state index contributed by atoms with van der Waals surface area (Å²) in [7, 11) is 1.95. The summed E-state index contributed by atoms with van der Waals surface area (Å²) in [4.78, 5) is 2.41. The van der Waals surface area contributed by atoms with Crippen LogP contribution in [0.25, 0.3) is 0 Å². The van der Waals surface area contributed by atoms with Gasteiger partial charge in [-0.05, 0) is 18.9 Å². The Balaban J connectivity index is 2.02. The van der Waals surface area contributed by atoms with Crippen molar-refractivity contribution in [1.29, 1.82) is 0 Å². The number of aryl methyl sites for hydroxylation is 2. The normalized spacial score (nSPS) is 11.7. The maximum absolute atomic E-state index is 4.32. The highest BCUT2D eigenvalue weighted by molar-refractivity contribution is 5.08. The lowest BCUT2D eigenvalue weighted by Crippen LogP contribution is -2.27. The van der Waals surface area contributed by atoms with E-state index < -0.39 is 0 Å². The first-order valence-corrected chi connectivity index (χ1v) is 6.73. The van der Waals surface area contributed by atoms with Crippen LogP contribution < -0.4 is 0 Å². The SMILES string of the molecule is Cc1cc(CN(Cc2cnn(C)c2)CC(C)C)n[nH]1. The van der Waals surface area contributed by atoms with Crippen molar-refractivity contribution in [2.45, 2.75) is 33.9 Å². The van der Waals surface area contributed by atoms with Crippen molar-refractivity contribution in [3.63, 3.8) is 0 Å². The van der Waals surface area contributed by atoms with E-state index in [-0.39, 0.29) is 0 Å². The van der Waals surface area contributed by atoms with E-state index in [4.69, 9.17) is 0 Å². The lowest BCUT2D eigenvalue weighted by Gasteiger charge is -2.22. The van der Waals surface area contributed by atoms with Gasteiger partial charge in [0, 0.05) is 44.1 Å². The van der Waals surface area contributed by atoms with Gasteiger partial charge in [0.25, 0.3) is 0 Å². The second kappa shape index (κ2) is 6.02. The number of nitrogens with zero attached hydrogens (tertiary/aromatic N) is 4. The summed E-state index contributed by atoms with van der Waals surface area (Å²) in [5.41, 5.74) is 3.46. The smallest absolute Gasteiger partial charge is 0.0765 e. The molecule has 0 aliphatic carbocycles. The summed E-state index contributed by atoms with van der Waals surface area (Å²) >= 11 is 0. The van der Waals surface area contributed by atoms with E-state index in [2.05, 4.69) is 46.3 Å². The van der Waals surface area contributed by atoms with Crippen LogP contribution in [0.5, 0.6) is 0 Å². The monoisotopic (exact) mass is 261 g/mol. The highest BCUT2D eigenvalue weighted by Gasteiger charge is 2.11. The van der Waals surface area contributed by atoms with Crippen LogP contribution in [0.1, 0.15) is 30.8 Å². The summed E-state index contributed by atoms with van der Waals surface area (Å²) in [6.07, 6.45) is 4.01. The van der Waals surface area contributed by atoms with E-state index in [0.29, 0.717) is 5.92 Å². The fraction of sp³-hybridized carbons (Fsp3) is 0.571. The van der Waals surface area contributed by atoms with Gasteiger partial charge in [-0.3, -0.25) is 14.7 Å². The molecule has 0 aliphatic heterocycles. The Morgan fingerprint density at radius 2 is 2.16 bits per heavy atom. The van der Waals surface area contributed by atoms with E-state index in [9.17, 15) is 0 Å². The van der Waals surface area contributed by atoms with Crippen molar-refractivity contribution < 1.29 is 0 Å². The van der Waals surface area contributed by atoms with E-state index in [1.165, 1.54) is 5.56 Å². The van der Waals surface area contributed by atoms with Crippen LogP contribution in [-0.2, 0) is 20.1 Å². The summed E-state index contributed by atoms with van der Waals surface area (Å²) in [5, 5.41) is 11.6. The van der Waals surface area contributed by atoms with Gasteiger partial charge in [0.1, 0.15) is 0 Å². The van der Waals surface area contributed by atoms with Crippen molar-refractivity contribution >= 4 is 0 Å². The molecule has 5 heteroatoms. The van der Waals surface area contributed by atoms with Gasteiger partial charge < -0.3 is 0 Å². The Morgan fingerprint density at radius 1 is 1.37 bits per heavy atom. The average molecular weight is 261 g/mol. The molecule has 0 unspecified atom stereocenters. The molecule has 0 amide bonds. The molecule has 0 radical (unpaired) electrons. The molecular formula is C14H23N5. The van der Waals surface area contributed by atoms with E-state index in [1.807, 2.05) is 24.9 Å². The number of hydrogen-bond acceptors (Lipinski definition) is 3. The molecule has 0 aromatic carbocycles. The third-order valence-corrected chi connectivity index (χ3v) is 2.93. The lowest BCUT2D eigenvalue weighted by molar-refractivity contribution is 0.225. The number of rotatable bonds is 6. The molecule has 0 fully saturated rings. The van der Waals surface area contributed by atoms with Crippen molar-refractivity contribution in [1.82, 2.24) is 24.9 Å². The predicted octanol–water partition coefficient (Wildman–Crippen LogP) is 2.11. The number of H-pyrrole nitrogens is 1. The molecule has 0 saturated heterocycles. The third-order valence-electron chi connectivity index (χ3n) is 2.93. The van der Waals surface area contributed by atoms with Gasteiger partial charge in [0.15, 0.2) is 0 Å². The Morgan fingerprint density at radius 3 is 2.68 bits per heavy atom. The molecule has 104 valence electrons. The molecular weight excluding hydrogens is 238 g/mol. The molecule has 5 nitrogen and oxygen atoms in total. The number of aromatic nitrogens is 4. The zero-order valence-electron chi connectivity index (χ0n) is 12.2. The van der Waals surface area contributed by atoms with Gasteiger partial charge in [0.2, 0.25) is 0 Å². The van der Waals surface area contributed by atoms with Crippen LogP contribution in [0, 0.1) is 12.8 Å². The fourth-order valence-electron chi connectivity index (χ4n) is 2.30. The number of aromatic amines is 1. The van der Waals surface area contributed by atoms with Gasteiger partial charge in [-0.2, -0.15) is 10.2 Å². The third kappa shape index (κ3) is 4.21. The second-order valence-corrected chi connectivity index (χ2v) is 5.63. The van der Waals surface area contributed by atoms with Crippen LogP contribution in [0.15, 0.2) is 18.5 Å². The van der Waals surface area contributed by atoms with Crippen molar-refractivity contribution in [3.05, 3.63) is 35.4 Å². The number of nitrogens with one attached hydrogen (secondary N) is 1. The van der Waals surface area contributed by atoms with E-state index in [1.54, 1.807) is 0 Å². The topological polar surface area (TPSA) is 49.7 Å². The van der Waals surface area contributed by atoms with Crippen molar-refractivity contribution in [2.24, 2.45) is 13.0 Å². The minimum Gasteiger partial charge on any atom is -0.293 e. The summed E-state index contributed by atoms with van der Waals surface area (Å²) in [5.74, 6) is 0.636. The standard InChI is InChI=1S/C14H23N5/c1-11(2)7-19(9-13-6-15-18(4)8-13)10-14-5-12(3)16-17-14/h5-6,8,11H,7,9-10H2,1-4H3,(H,16,17). The number of hydrogen-bond donors (Lipinski definition) is 1. The highest BCUT2D eigenvalue weighted by Crippen LogP contribution is 2.11. The van der Waals surface area contributed by atoms with Gasteiger partial charge in [-0.1, -0.05) is 13.8 Å². The first kappa shape index (κ1) is 13.8. The maximum atomic E-state index is 4.32. The van der Waals surface area contributed by atoms with Crippen molar-refractivity contribution in [3.8, 4) is 0 Å². The molecule has 0 aliphatic rings. The second-order valence-electron chi connectivity index (χ2n) is 5.63. The first-order valence-electron chi connectivity index (χ1n) is 6.73. The zero-order chi connectivity index (χ0) is 13.8. The van der Waals surface area contributed by atoms with Crippen LogP contribution in [0.2, 0.25) is 0 Å². The predicted molar refractivity (Wildman–Crippen MR) is 75.5 cm³/mol. The molecule has 2 aromatic rings. The zero-order valence-corrected chi connectivity index (χ0v) is 12.2. The van der Waals surface area contributed by atoms with Gasteiger partial charge >= 0.3 is 0 Å². The summed E-state index contributed by atoms with van der Waals surface area (Å²) < 4.78 is 1.85. The molecule has 2 aromatic heterocycles. The quantitative estimate of drug-likeness (QED) is 0.866. The molecule has 0 atom stereocenters. The molecule has 0 spiro atoms. The molecule has 2 heterocycles. The molecule has 2 rings (SSSR count). The van der Waals surface area contributed by atoms with Crippen LogP contribution >= 0.6 is 0 Å². The van der Waals surface area contributed by atoms with Gasteiger partial charge in [0.05, 0.1) is 11.9 Å². The van der Waals surface area contributed by atoms with Gasteiger partial charge in [-0.15, -0.1) is 0 Å². The Bertz CT molecular complexity index is 469. The van der Waals surface area contributed by atoms with Crippen LogP contribution in [0.4, 0.5) is 0 Å². The Kier molecular flexibility index (Phi) is 4.37. The average Bonchev–Trinajstić information content (AvgIpc) is 2.87. The fourth-order valence-corrected chi connectivity index (χ4v) is 2.30. The van der Waals surface area contributed by atoms with E-state index >= 15 is 0 Å². The minimum absolute atomic E-state index is 0.636. The molecule has 1 N–H and O–H groups in total. The lowest BCUT2D eigenvalue weighted by atomic mass is 10.2. The minimum atomic E-state index is 0.636. The molecule has 0 saturated carbocycles. The van der Waals surface area contributed by atoms with Crippen LogP contribution in [-0.4, -0.2) is 31.4 Å². The van der Waals surface area contributed by atoms with Crippen LogP contribution in [0.3, 0.4) is 0 Å².